The Hall–Kier alpha value is -0.810. The lowest BCUT2D eigenvalue weighted by molar-refractivity contribution is 0.573. The Morgan fingerprint density at radius 1 is 1.50 bits per heavy atom. The van der Waals surface area contributed by atoms with E-state index < -0.39 is 0 Å². The first kappa shape index (κ1) is 5.94. The SMILES string of the molecule is C1CN[C@H](C2=NNNN2)C1. The Labute approximate surface area is 59.2 Å². The van der Waals surface area contributed by atoms with E-state index in [1.54, 1.807) is 0 Å². The van der Waals surface area contributed by atoms with Crippen molar-refractivity contribution in [3.05, 3.63) is 0 Å². The van der Waals surface area contributed by atoms with E-state index in [9.17, 15) is 0 Å². The van der Waals surface area contributed by atoms with Crippen LogP contribution in [0.4, 0.5) is 0 Å². The van der Waals surface area contributed by atoms with E-state index in [4.69, 9.17) is 0 Å². The monoisotopic (exact) mass is 141 g/mol. The van der Waals surface area contributed by atoms with Gasteiger partial charge < -0.3 is 5.32 Å². The van der Waals surface area contributed by atoms with Crippen LogP contribution in [0, 0.1) is 0 Å². The molecule has 1 atom stereocenters. The average molecular weight is 141 g/mol. The van der Waals surface area contributed by atoms with E-state index >= 15 is 0 Å². The zero-order valence-corrected chi connectivity index (χ0v) is 5.65. The molecule has 0 aromatic carbocycles. The van der Waals surface area contributed by atoms with Gasteiger partial charge in [-0.05, 0) is 19.4 Å². The van der Waals surface area contributed by atoms with Gasteiger partial charge in [0.25, 0.3) is 0 Å². The number of hydrazone groups is 1. The van der Waals surface area contributed by atoms with Crippen molar-refractivity contribution in [3.8, 4) is 0 Å². The molecule has 1 saturated heterocycles. The fourth-order valence-electron chi connectivity index (χ4n) is 1.29. The van der Waals surface area contributed by atoms with E-state index in [1.165, 1.54) is 12.8 Å². The van der Waals surface area contributed by atoms with Crippen molar-refractivity contribution >= 4 is 5.84 Å². The molecule has 0 aromatic rings. The maximum Gasteiger partial charge on any atom is 0.156 e. The summed E-state index contributed by atoms with van der Waals surface area (Å²) in [5, 5.41) is 7.32. The van der Waals surface area contributed by atoms with Gasteiger partial charge in [-0.1, -0.05) is 0 Å². The minimum absolute atomic E-state index is 0.419. The Morgan fingerprint density at radius 2 is 2.50 bits per heavy atom. The first-order valence-electron chi connectivity index (χ1n) is 3.54. The van der Waals surface area contributed by atoms with Crippen LogP contribution in [-0.2, 0) is 0 Å². The number of nitrogens with zero attached hydrogens (tertiary/aromatic N) is 1. The quantitative estimate of drug-likeness (QED) is 0.365. The van der Waals surface area contributed by atoms with Gasteiger partial charge in [0.05, 0.1) is 6.04 Å². The van der Waals surface area contributed by atoms with Crippen molar-refractivity contribution in [2.45, 2.75) is 18.9 Å². The van der Waals surface area contributed by atoms with Crippen LogP contribution in [0.5, 0.6) is 0 Å². The van der Waals surface area contributed by atoms with Crippen molar-refractivity contribution < 1.29 is 0 Å². The highest BCUT2D eigenvalue weighted by Crippen LogP contribution is 2.05. The van der Waals surface area contributed by atoms with Gasteiger partial charge in [-0.3, -0.25) is 5.43 Å². The summed E-state index contributed by atoms with van der Waals surface area (Å²) < 4.78 is 0. The summed E-state index contributed by atoms with van der Waals surface area (Å²) in [6, 6.07) is 0.419. The second-order valence-corrected chi connectivity index (χ2v) is 2.51. The highest BCUT2D eigenvalue weighted by molar-refractivity contribution is 5.87. The minimum Gasteiger partial charge on any atom is -0.307 e. The van der Waals surface area contributed by atoms with Gasteiger partial charge in [0.2, 0.25) is 0 Å². The third-order valence-electron chi connectivity index (χ3n) is 1.81. The Bertz CT molecular complexity index is 148. The third kappa shape index (κ3) is 0.932. The topological polar surface area (TPSA) is 60.5 Å². The van der Waals surface area contributed by atoms with E-state index in [0.29, 0.717) is 6.04 Å². The number of nitrogens with one attached hydrogen (secondary N) is 4. The molecular weight excluding hydrogens is 130 g/mol. The lowest BCUT2D eigenvalue weighted by Crippen LogP contribution is -2.43. The van der Waals surface area contributed by atoms with Gasteiger partial charge >= 0.3 is 0 Å². The molecule has 56 valence electrons. The smallest absolute Gasteiger partial charge is 0.156 e. The Morgan fingerprint density at radius 3 is 3.10 bits per heavy atom. The largest absolute Gasteiger partial charge is 0.307 e. The van der Waals surface area contributed by atoms with Gasteiger partial charge in [0.15, 0.2) is 5.84 Å². The van der Waals surface area contributed by atoms with Gasteiger partial charge in [0.1, 0.15) is 0 Å². The van der Waals surface area contributed by atoms with Crippen molar-refractivity contribution in [2.75, 3.05) is 6.54 Å². The number of hydrazine groups is 2. The lowest BCUT2D eigenvalue weighted by atomic mass is 10.2. The molecule has 2 aliphatic heterocycles. The summed E-state index contributed by atoms with van der Waals surface area (Å²) in [4.78, 5) is 0. The molecule has 1 fully saturated rings. The molecule has 10 heavy (non-hydrogen) atoms. The maximum absolute atomic E-state index is 4.00. The normalized spacial score (nSPS) is 31.2. The first-order chi connectivity index (χ1) is 4.97. The summed E-state index contributed by atoms with van der Waals surface area (Å²) in [6.07, 6.45) is 2.42. The molecule has 0 unspecified atom stereocenters. The second kappa shape index (κ2) is 2.43. The molecule has 2 rings (SSSR count). The summed E-state index contributed by atoms with van der Waals surface area (Å²) in [5.74, 6) is 0.970. The first-order valence-corrected chi connectivity index (χ1v) is 3.54. The summed E-state index contributed by atoms with van der Waals surface area (Å²) in [7, 11) is 0. The predicted octanol–water partition coefficient (Wildman–Crippen LogP) is -1.34. The Balaban J connectivity index is 1.97. The molecule has 0 bridgehead atoms. The molecule has 0 aliphatic carbocycles. The number of hydrogen-bond acceptors (Lipinski definition) is 5. The average Bonchev–Trinajstić information content (AvgIpc) is 2.59. The molecular formula is C5H11N5. The van der Waals surface area contributed by atoms with Crippen LogP contribution in [0.1, 0.15) is 12.8 Å². The molecule has 0 aromatic heterocycles. The van der Waals surface area contributed by atoms with Crippen molar-refractivity contribution in [1.29, 1.82) is 0 Å². The highest BCUT2D eigenvalue weighted by atomic mass is 15.8. The zero-order chi connectivity index (χ0) is 6.81. The summed E-state index contributed by atoms with van der Waals surface area (Å²) >= 11 is 0. The molecule has 0 spiro atoms. The summed E-state index contributed by atoms with van der Waals surface area (Å²) in [5.41, 5.74) is 8.27. The molecule has 4 N–H and O–H groups in total. The third-order valence-corrected chi connectivity index (χ3v) is 1.81. The molecule has 5 heteroatoms. The van der Waals surface area contributed by atoms with Crippen LogP contribution in [0.15, 0.2) is 5.10 Å². The molecule has 2 heterocycles. The van der Waals surface area contributed by atoms with Crippen LogP contribution in [0.25, 0.3) is 0 Å². The van der Waals surface area contributed by atoms with Gasteiger partial charge in [-0.2, -0.15) is 0 Å². The number of rotatable bonds is 1. The molecule has 5 nitrogen and oxygen atoms in total. The Kier molecular flexibility index (Phi) is 1.44. The van der Waals surface area contributed by atoms with E-state index in [2.05, 4.69) is 26.9 Å². The van der Waals surface area contributed by atoms with Gasteiger partial charge in [0, 0.05) is 0 Å². The maximum atomic E-state index is 4.00. The lowest BCUT2D eigenvalue weighted by Gasteiger charge is -2.07. The van der Waals surface area contributed by atoms with E-state index in [0.717, 1.165) is 12.4 Å². The predicted molar refractivity (Wildman–Crippen MR) is 37.9 cm³/mol. The van der Waals surface area contributed by atoms with Crippen molar-refractivity contribution in [3.63, 3.8) is 0 Å². The van der Waals surface area contributed by atoms with E-state index in [-0.39, 0.29) is 0 Å². The minimum atomic E-state index is 0.419. The molecule has 0 radical (unpaired) electrons. The van der Waals surface area contributed by atoms with Crippen LogP contribution >= 0.6 is 0 Å². The zero-order valence-electron chi connectivity index (χ0n) is 5.65. The van der Waals surface area contributed by atoms with Crippen LogP contribution < -0.4 is 21.8 Å². The fourth-order valence-corrected chi connectivity index (χ4v) is 1.29. The van der Waals surface area contributed by atoms with Gasteiger partial charge in [-0.25, -0.2) is 5.53 Å². The molecule has 2 aliphatic rings. The summed E-state index contributed by atoms with van der Waals surface area (Å²) in [6.45, 7) is 1.10. The van der Waals surface area contributed by atoms with Crippen LogP contribution in [0.3, 0.4) is 0 Å². The standard InChI is InChI=1S/C5H11N5/c1-2-4(6-3-1)5-7-9-10-8-5/h4,6,9-10H,1-3H2,(H,7,8)/t4-/m0/s1. The van der Waals surface area contributed by atoms with Crippen molar-refractivity contribution in [2.24, 2.45) is 5.10 Å². The molecule has 0 saturated carbocycles. The fraction of sp³-hybridized carbons (Fsp3) is 0.800. The highest BCUT2D eigenvalue weighted by Gasteiger charge is 2.21. The second-order valence-electron chi connectivity index (χ2n) is 2.51. The number of hydrogen-bond donors (Lipinski definition) is 4. The van der Waals surface area contributed by atoms with Crippen LogP contribution in [-0.4, -0.2) is 18.4 Å². The number of amidine groups is 1. The van der Waals surface area contributed by atoms with Crippen LogP contribution in [0.2, 0.25) is 0 Å². The van der Waals surface area contributed by atoms with Crippen molar-refractivity contribution in [1.82, 2.24) is 21.8 Å². The van der Waals surface area contributed by atoms with Gasteiger partial charge in [-0.15, -0.1) is 10.6 Å². The van der Waals surface area contributed by atoms with E-state index in [1.807, 2.05) is 0 Å². The molecule has 0 amide bonds.